The Morgan fingerprint density at radius 3 is 2.78 bits per heavy atom. The van der Waals surface area contributed by atoms with Crippen molar-refractivity contribution in [3.63, 3.8) is 0 Å². The van der Waals surface area contributed by atoms with Gasteiger partial charge in [-0.05, 0) is 58.3 Å². The zero-order valence-electron chi connectivity index (χ0n) is 15.1. The van der Waals surface area contributed by atoms with Crippen LogP contribution in [0.5, 0.6) is 0 Å². The molecule has 5 heteroatoms. The minimum atomic E-state index is 0.171. The van der Waals surface area contributed by atoms with Crippen molar-refractivity contribution in [1.82, 2.24) is 15.1 Å². The molecule has 2 unspecified atom stereocenters. The molecule has 0 spiro atoms. The van der Waals surface area contributed by atoms with Crippen LogP contribution in [-0.4, -0.2) is 73.7 Å². The lowest BCUT2D eigenvalue weighted by molar-refractivity contribution is -0.122. The van der Waals surface area contributed by atoms with Gasteiger partial charge in [0.1, 0.15) is 0 Å². The second-order valence-electron chi connectivity index (χ2n) is 7.00. The number of ether oxygens (including phenoxy) is 1. The number of nitrogens with zero attached hydrogens (tertiary/aromatic N) is 2. The third kappa shape index (κ3) is 6.40. The molecule has 0 aromatic heterocycles. The number of amides is 1. The van der Waals surface area contributed by atoms with Crippen molar-refractivity contribution >= 4 is 5.91 Å². The Labute approximate surface area is 141 Å². The fraction of sp³-hybridized carbons (Fsp3) is 0.944. The van der Waals surface area contributed by atoms with Crippen LogP contribution in [0.2, 0.25) is 0 Å². The maximum absolute atomic E-state index is 12.0. The summed E-state index contributed by atoms with van der Waals surface area (Å²) in [5.41, 5.74) is 0. The molecule has 2 atom stereocenters. The summed E-state index contributed by atoms with van der Waals surface area (Å²) in [5, 5.41) is 3.06. The molecule has 0 aromatic carbocycles. The van der Waals surface area contributed by atoms with E-state index in [1.54, 1.807) is 0 Å². The number of rotatable bonds is 10. The van der Waals surface area contributed by atoms with Gasteiger partial charge in [-0.3, -0.25) is 9.69 Å². The Bertz CT molecular complexity index is 345. The van der Waals surface area contributed by atoms with Gasteiger partial charge in [0.15, 0.2) is 0 Å². The second-order valence-corrected chi connectivity index (χ2v) is 7.00. The van der Waals surface area contributed by atoms with Gasteiger partial charge in [0.25, 0.3) is 0 Å². The van der Waals surface area contributed by atoms with E-state index in [2.05, 4.69) is 29.0 Å². The van der Waals surface area contributed by atoms with Crippen LogP contribution in [0.4, 0.5) is 0 Å². The Hall–Kier alpha value is -0.650. The molecule has 0 aliphatic carbocycles. The first-order valence-electron chi connectivity index (χ1n) is 9.57. The molecule has 23 heavy (non-hydrogen) atoms. The van der Waals surface area contributed by atoms with Crippen LogP contribution in [0.25, 0.3) is 0 Å². The summed E-state index contributed by atoms with van der Waals surface area (Å²) in [6, 6.07) is 0.630. The number of carbonyl (C=O) groups excluding carboxylic acids is 1. The molecule has 2 saturated heterocycles. The molecule has 2 fully saturated rings. The smallest absolute Gasteiger partial charge is 0.220 e. The second kappa shape index (κ2) is 10.3. The van der Waals surface area contributed by atoms with Gasteiger partial charge in [-0.15, -0.1) is 0 Å². The SMILES string of the molecule is CCCN(CCC)CCCC(=O)NCC1CN2CCCC2CO1. The van der Waals surface area contributed by atoms with Crippen LogP contribution in [0.3, 0.4) is 0 Å². The molecular formula is C18H35N3O2. The Morgan fingerprint density at radius 1 is 1.26 bits per heavy atom. The van der Waals surface area contributed by atoms with Crippen molar-refractivity contribution in [3.05, 3.63) is 0 Å². The van der Waals surface area contributed by atoms with Crippen LogP contribution >= 0.6 is 0 Å². The van der Waals surface area contributed by atoms with Crippen LogP contribution in [0.15, 0.2) is 0 Å². The van der Waals surface area contributed by atoms with Gasteiger partial charge >= 0.3 is 0 Å². The summed E-state index contributed by atoms with van der Waals surface area (Å²) >= 11 is 0. The van der Waals surface area contributed by atoms with E-state index in [-0.39, 0.29) is 12.0 Å². The third-order valence-corrected chi connectivity index (χ3v) is 4.95. The normalized spacial score (nSPS) is 24.8. The lowest BCUT2D eigenvalue weighted by atomic mass is 10.2. The van der Waals surface area contributed by atoms with E-state index in [9.17, 15) is 4.79 Å². The van der Waals surface area contributed by atoms with Crippen molar-refractivity contribution in [3.8, 4) is 0 Å². The molecule has 0 bridgehead atoms. The van der Waals surface area contributed by atoms with Gasteiger partial charge in [-0.25, -0.2) is 0 Å². The molecular weight excluding hydrogens is 290 g/mol. The van der Waals surface area contributed by atoms with E-state index in [0.29, 0.717) is 19.0 Å². The highest BCUT2D eigenvalue weighted by molar-refractivity contribution is 5.75. The van der Waals surface area contributed by atoms with Crippen molar-refractivity contribution in [2.75, 3.05) is 45.9 Å². The first-order valence-corrected chi connectivity index (χ1v) is 9.57. The molecule has 1 amide bonds. The fourth-order valence-electron chi connectivity index (χ4n) is 3.76. The van der Waals surface area contributed by atoms with E-state index < -0.39 is 0 Å². The lowest BCUT2D eigenvalue weighted by Crippen LogP contribution is -2.50. The highest BCUT2D eigenvalue weighted by atomic mass is 16.5. The van der Waals surface area contributed by atoms with Gasteiger partial charge in [-0.2, -0.15) is 0 Å². The van der Waals surface area contributed by atoms with E-state index in [4.69, 9.17) is 4.74 Å². The highest BCUT2D eigenvalue weighted by Gasteiger charge is 2.32. The lowest BCUT2D eigenvalue weighted by Gasteiger charge is -2.35. The molecule has 2 heterocycles. The number of carbonyl (C=O) groups is 1. The summed E-state index contributed by atoms with van der Waals surface area (Å²) < 4.78 is 5.88. The van der Waals surface area contributed by atoms with Gasteiger partial charge in [0.2, 0.25) is 5.91 Å². The molecule has 134 valence electrons. The number of morpholine rings is 1. The maximum atomic E-state index is 12.0. The summed E-state index contributed by atoms with van der Waals surface area (Å²) in [5.74, 6) is 0.171. The molecule has 0 radical (unpaired) electrons. The number of hydrogen-bond donors (Lipinski definition) is 1. The van der Waals surface area contributed by atoms with Crippen molar-refractivity contribution in [2.45, 2.75) is 64.5 Å². The van der Waals surface area contributed by atoms with E-state index in [1.807, 2.05) is 0 Å². The fourth-order valence-corrected chi connectivity index (χ4v) is 3.76. The predicted molar refractivity (Wildman–Crippen MR) is 93.6 cm³/mol. The van der Waals surface area contributed by atoms with E-state index in [0.717, 1.165) is 39.2 Å². The predicted octanol–water partition coefficient (Wildman–Crippen LogP) is 1.87. The molecule has 0 saturated carbocycles. The monoisotopic (exact) mass is 325 g/mol. The van der Waals surface area contributed by atoms with E-state index in [1.165, 1.54) is 32.2 Å². The molecule has 0 aromatic rings. The first kappa shape index (κ1) is 18.7. The summed E-state index contributed by atoms with van der Waals surface area (Å²) in [6.07, 6.45) is 6.68. The van der Waals surface area contributed by atoms with Crippen LogP contribution in [0.1, 0.15) is 52.4 Å². The van der Waals surface area contributed by atoms with Gasteiger partial charge in [0.05, 0.1) is 12.7 Å². The van der Waals surface area contributed by atoms with E-state index >= 15 is 0 Å². The van der Waals surface area contributed by atoms with Crippen molar-refractivity contribution < 1.29 is 9.53 Å². The van der Waals surface area contributed by atoms with Gasteiger partial charge < -0.3 is 15.0 Å². The van der Waals surface area contributed by atoms with Crippen LogP contribution in [0, 0.1) is 0 Å². The Morgan fingerprint density at radius 2 is 2.04 bits per heavy atom. The average molecular weight is 325 g/mol. The summed E-state index contributed by atoms with van der Waals surface area (Å²) in [6.45, 7) is 11.4. The summed E-state index contributed by atoms with van der Waals surface area (Å²) in [7, 11) is 0. The third-order valence-electron chi connectivity index (χ3n) is 4.95. The Balaban J connectivity index is 1.56. The Kier molecular flexibility index (Phi) is 8.34. The number of fused-ring (bicyclic) bond motifs is 1. The molecule has 2 rings (SSSR count). The molecule has 2 aliphatic heterocycles. The topological polar surface area (TPSA) is 44.8 Å². The largest absolute Gasteiger partial charge is 0.373 e. The van der Waals surface area contributed by atoms with Gasteiger partial charge in [0, 0.05) is 25.6 Å². The first-order chi connectivity index (χ1) is 11.2. The zero-order chi connectivity index (χ0) is 16.5. The van der Waals surface area contributed by atoms with Crippen molar-refractivity contribution in [1.29, 1.82) is 0 Å². The number of hydrogen-bond acceptors (Lipinski definition) is 4. The maximum Gasteiger partial charge on any atom is 0.220 e. The molecule has 2 aliphatic rings. The van der Waals surface area contributed by atoms with Gasteiger partial charge in [-0.1, -0.05) is 13.8 Å². The molecule has 1 N–H and O–H groups in total. The molecule has 5 nitrogen and oxygen atoms in total. The summed E-state index contributed by atoms with van der Waals surface area (Å²) in [4.78, 5) is 17.0. The number of nitrogens with one attached hydrogen (secondary N) is 1. The minimum Gasteiger partial charge on any atom is -0.373 e. The van der Waals surface area contributed by atoms with Crippen LogP contribution in [-0.2, 0) is 9.53 Å². The van der Waals surface area contributed by atoms with Crippen molar-refractivity contribution in [2.24, 2.45) is 0 Å². The average Bonchev–Trinajstić information content (AvgIpc) is 3.01. The standard InChI is InChI=1S/C18H35N3O2/c1-3-9-20(10-4-2)11-6-8-18(22)19-13-17-14-21-12-5-7-16(21)15-23-17/h16-17H,3-15H2,1-2H3,(H,19,22). The quantitative estimate of drug-likeness (QED) is 0.666. The van der Waals surface area contributed by atoms with Crippen LogP contribution < -0.4 is 5.32 Å². The zero-order valence-corrected chi connectivity index (χ0v) is 15.1. The minimum absolute atomic E-state index is 0.171. The highest BCUT2D eigenvalue weighted by Crippen LogP contribution is 2.22.